The Morgan fingerprint density at radius 1 is 1.41 bits per heavy atom. The van der Waals surface area contributed by atoms with Gasteiger partial charge in [0.1, 0.15) is 12.2 Å². The van der Waals surface area contributed by atoms with Crippen molar-refractivity contribution in [2.24, 2.45) is 5.92 Å². The molecule has 7 nitrogen and oxygen atoms in total. The number of rotatable bonds is 5. The molecule has 1 aliphatic rings. The van der Waals surface area contributed by atoms with Gasteiger partial charge in [0.05, 0.1) is 12.3 Å². The highest BCUT2D eigenvalue weighted by atomic mass is 32.2. The van der Waals surface area contributed by atoms with Crippen LogP contribution < -0.4 is 10.0 Å². The zero-order chi connectivity index (χ0) is 12.1. The highest BCUT2D eigenvalue weighted by Gasteiger charge is 2.20. The van der Waals surface area contributed by atoms with Crippen LogP contribution in [-0.4, -0.2) is 42.4 Å². The first-order valence-electron chi connectivity index (χ1n) is 5.68. The molecule has 0 atom stereocenters. The van der Waals surface area contributed by atoms with Crippen molar-refractivity contribution in [1.82, 2.24) is 25.2 Å². The maximum atomic E-state index is 11.8. The molecule has 0 amide bonds. The molecule has 1 fully saturated rings. The van der Waals surface area contributed by atoms with E-state index in [1.807, 2.05) is 0 Å². The van der Waals surface area contributed by atoms with Crippen LogP contribution in [0.4, 0.5) is 0 Å². The number of aromatic nitrogens is 3. The fourth-order valence-electron chi connectivity index (χ4n) is 1.91. The SMILES string of the molecule is O=S(=O)(CC1CCNCC1)NCc1ncn[nH]1. The summed E-state index contributed by atoms with van der Waals surface area (Å²) in [6.07, 6.45) is 3.20. The standard InChI is InChI=1S/C9H17N5O2S/c15-17(16,6-8-1-3-10-4-2-8)13-5-9-11-7-12-14-9/h7-8,10,13H,1-6H2,(H,11,12,14). The van der Waals surface area contributed by atoms with E-state index in [4.69, 9.17) is 0 Å². The predicted molar refractivity (Wildman–Crippen MR) is 62.6 cm³/mol. The second-order valence-electron chi connectivity index (χ2n) is 4.23. The average molecular weight is 259 g/mol. The second-order valence-corrected chi connectivity index (χ2v) is 6.08. The van der Waals surface area contributed by atoms with Crippen LogP contribution in [-0.2, 0) is 16.6 Å². The Morgan fingerprint density at radius 3 is 2.82 bits per heavy atom. The van der Waals surface area contributed by atoms with Gasteiger partial charge in [0.25, 0.3) is 0 Å². The summed E-state index contributed by atoms with van der Waals surface area (Å²) in [5.74, 6) is 0.977. The topological polar surface area (TPSA) is 99.8 Å². The van der Waals surface area contributed by atoms with Crippen LogP contribution in [0.15, 0.2) is 6.33 Å². The van der Waals surface area contributed by atoms with Gasteiger partial charge in [0.15, 0.2) is 0 Å². The van der Waals surface area contributed by atoms with Gasteiger partial charge in [0.2, 0.25) is 10.0 Å². The van der Waals surface area contributed by atoms with Crippen LogP contribution in [0.25, 0.3) is 0 Å². The summed E-state index contributed by atoms with van der Waals surface area (Å²) in [5, 5.41) is 9.49. The quantitative estimate of drug-likeness (QED) is 0.644. The summed E-state index contributed by atoms with van der Waals surface area (Å²) < 4.78 is 26.1. The van der Waals surface area contributed by atoms with Crippen molar-refractivity contribution in [1.29, 1.82) is 0 Å². The molecule has 1 aromatic rings. The number of sulfonamides is 1. The number of nitrogens with one attached hydrogen (secondary N) is 3. The van der Waals surface area contributed by atoms with Crippen LogP contribution in [0.5, 0.6) is 0 Å². The molecule has 96 valence electrons. The minimum absolute atomic E-state index is 0.174. The zero-order valence-corrected chi connectivity index (χ0v) is 10.3. The Labute approximate surface area is 100 Å². The minimum Gasteiger partial charge on any atom is -0.317 e. The second kappa shape index (κ2) is 5.56. The molecule has 1 aliphatic heterocycles. The van der Waals surface area contributed by atoms with Crippen LogP contribution in [0.3, 0.4) is 0 Å². The number of aromatic amines is 1. The normalized spacial score (nSPS) is 18.4. The lowest BCUT2D eigenvalue weighted by Gasteiger charge is -2.22. The molecule has 2 heterocycles. The molecule has 0 aliphatic carbocycles. The van der Waals surface area contributed by atoms with E-state index < -0.39 is 10.0 Å². The van der Waals surface area contributed by atoms with Crippen molar-refractivity contribution in [3.05, 3.63) is 12.2 Å². The molecule has 2 rings (SSSR count). The van der Waals surface area contributed by atoms with Crippen molar-refractivity contribution in [2.45, 2.75) is 19.4 Å². The van der Waals surface area contributed by atoms with Crippen molar-refractivity contribution >= 4 is 10.0 Å². The Hall–Kier alpha value is -0.990. The van der Waals surface area contributed by atoms with E-state index >= 15 is 0 Å². The predicted octanol–water partition coefficient (Wildman–Crippen LogP) is -0.776. The molecule has 1 aromatic heterocycles. The largest absolute Gasteiger partial charge is 0.317 e. The molecule has 8 heteroatoms. The zero-order valence-electron chi connectivity index (χ0n) is 9.52. The molecule has 1 saturated heterocycles. The van der Waals surface area contributed by atoms with E-state index in [0.29, 0.717) is 5.82 Å². The van der Waals surface area contributed by atoms with Gasteiger partial charge in [0, 0.05) is 0 Å². The molecule has 0 radical (unpaired) electrons. The Bertz CT molecular complexity index is 424. The lowest BCUT2D eigenvalue weighted by Crippen LogP contribution is -2.35. The number of nitrogens with zero attached hydrogens (tertiary/aromatic N) is 2. The van der Waals surface area contributed by atoms with Gasteiger partial charge in [-0.3, -0.25) is 5.10 Å². The van der Waals surface area contributed by atoms with Crippen LogP contribution >= 0.6 is 0 Å². The number of H-pyrrole nitrogens is 1. The van der Waals surface area contributed by atoms with Gasteiger partial charge in [-0.15, -0.1) is 0 Å². The molecule has 0 spiro atoms. The van der Waals surface area contributed by atoms with E-state index in [9.17, 15) is 8.42 Å². The molecule has 0 bridgehead atoms. The highest BCUT2D eigenvalue weighted by molar-refractivity contribution is 7.89. The van der Waals surface area contributed by atoms with E-state index in [1.54, 1.807) is 0 Å². The fraction of sp³-hybridized carbons (Fsp3) is 0.778. The minimum atomic E-state index is -3.22. The summed E-state index contributed by atoms with van der Waals surface area (Å²) >= 11 is 0. The third-order valence-electron chi connectivity index (χ3n) is 2.84. The van der Waals surface area contributed by atoms with E-state index in [-0.39, 0.29) is 18.2 Å². The van der Waals surface area contributed by atoms with Crippen molar-refractivity contribution < 1.29 is 8.42 Å². The van der Waals surface area contributed by atoms with E-state index in [0.717, 1.165) is 25.9 Å². The van der Waals surface area contributed by atoms with Crippen LogP contribution in [0.1, 0.15) is 18.7 Å². The highest BCUT2D eigenvalue weighted by Crippen LogP contribution is 2.13. The van der Waals surface area contributed by atoms with Gasteiger partial charge in [-0.2, -0.15) is 5.10 Å². The Kier molecular flexibility index (Phi) is 4.08. The molecule has 3 N–H and O–H groups in total. The maximum Gasteiger partial charge on any atom is 0.212 e. The summed E-state index contributed by atoms with van der Waals surface area (Å²) in [6.45, 7) is 1.98. The van der Waals surface area contributed by atoms with Gasteiger partial charge < -0.3 is 5.32 Å². The Balaban J connectivity index is 1.81. The lowest BCUT2D eigenvalue weighted by atomic mass is 10.0. The molecular formula is C9H17N5O2S. The first-order valence-corrected chi connectivity index (χ1v) is 7.33. The average Bonchev–Trinajstić information content (AvgIpc) is 2.80. The van der Waals surface area contributed by atoms with E-state index in [2.05, 4.69) is 25.2 Å². The lowest BCUT2D eigenvalue weighted by molar-refractivity contribution is 0.400. The van der Waals surface area contributed by atoms with Gasteiger partial charge in [-0.25, -0.2) is 18.1 Å². The monoisotopic (exact) mass is 259 g/mol. The molecule has 0 unspecified atom stereocenters. The summed E-state index contributed by atoms with van der Waals surface area (Å²) in [4.78, 5) is 3.86. The molecule has 0 aromatic carbocycles. The third-order valence-corrected chi connectivity index (χ3v) is 4.33. The van der Waals surface area contributed by atoms with Crippen molar-refractivity contribution in [3.8, 4) is 0 Å². The van der Waals surface area contributed by atoms with Crippen molar-refractivity contribution in [2.75, 3.05) is 18.8 Å². The van der Waals surface area contributed by atoms with Crippen LogP contribution in [0, 0.1) is 5.92 Å². The summed E-state index contributed by atoms with van der Waals surface area (Å²) in [7, 11) is -3.22. The first kappa shape index (κ1) is 12.5. The maximum absolute atomic E-state index is 11.8. The van der Waals surface area contributed by atoms with Gasteiger partial charge >= 0.3 is 0 Å². The number of hydrogen-bond donors (Lipinski definition) is 3. The Morgan fingerprint density at radius 2 is 2.18 bits per heavy atom. The number of hydrogen-bond acceptors (Lipinski definition) is 5. The molecular weight excluding hydrogens is 242 g/mol. The first-order chi connectivity index (χ1) is 8.16. The van der Waals surface area contributed by atoms with Crippen LogP contribution in [0.2, 0.25) is 0 Å². The summed E-state index contributed by atoms with van der Waals surface area (Å²) in [5.41, 5.74) is 0. The smallest absolute Gasteiger partial charge is 0.212 e. The summed E-state index contributed by atoms with van der Waals surface area (Å²) in [6, 6.07) is 0. The molecule has 17 heavy (non-hydrogen) atoms. The molecule has 0 saturated carbocycles. The third kappa shape index (κ3) is 4.06. The van der Waals surface area contributed by atoms with E-state index in [1.165, 1.54) is 6.33 Å². The van der Waals surface area contributed by atoms with Crippen molar-refractivity contribution in [3.63, 3.8) is 0 Å². The number of piperidine rings is 1. The van der Waals surface area contributed by atoms with Gasteiger partial charge in [-0.1, -0.05) is 0 Å². The fourth-order valence-corrected chi connectivity index (χ4v) is 3.34. The van der Waals surface area contributed by atoms with Gasteiger partial charge in [-0.05, 0) is 31.8 Å².